The van der Waals surface area contributed by atoms with Gasteiger partial charge in [0.2, 0.25) is 0 Å². The fourth-order valence-electron chi connectivity index (χ4n) is 5.52. The number of piperazine rings is 1. The van der Waals surface area contributed by atoms with Crippen LogP contribution in [0.3, 0.4) is 0 Å². The zero-order valence-electron chi connectivity index (χ0n) is 25.0. The van der Waals surface area contributed by atoms with E-state index in [1.165, 1.54) is 5.56 Å². The number of hydrogen-bond acceptors (Lipinski definition) is 7. The van der Waals surface area contributed by atoms with E-state index in [4.69, 9.17) is 14.7 Å². The van der Waals surface area contributed by atoms with Crippen molar-refractivity contribution in [3.63, 3.8) is 0 Å². The highest BCUT2D eigenvalue weighted by atomic mass is 32.2. The smallest absolute Gasteiger partial charge is 0.251 e. The number of carbonyl (C=O) groups excluding carboxylic acids is 1. The van der Waals surface area contributed by atoms with Crippen molar-refractivity contribution in [3.8, 4) is 11.3 Å². The number of rotatable bonds is 11. The highest BCUT2D eigenvalue weighted by molar-refractivity contribution is 7.98. The van der Waals surface area contributed by atoms with E-state index in [-0.39, 0.29) is 12.0 Å². The van der Waals surface area contributed by atoms with Crippen molar-refractivity contribution < 1.29 is 9.53 Å². The number of hydrogen-bond donors (Lipinski definition) is 1. The van der Waals surface area contributed by atoms with E-state index in [1.807, 2.05) is 42.5 Å². The summed E-state index contributed by atoms with van der Waals surface area (Å²) >= 11 is 1.60. The second-order valence-electron chi connectivity index (χ2n) is 11.2. The number of amides is 1. The van der Waals surface area contributed by atoms with Crippen LogP contribution in [0.25, 0.3) is 17.3 Å². The Kier molecular flexibility index (Phi) is 10.4. The van der Waals surface area contributed by atoms with E-state index in [0.29, 0.717) is 17.9 Å². The van der Waals surface area contributed by atoms with Gasteiger partial charge in [-0.25, -0.2) is 9.97 Å². The molecule has 1 aromatic heterocycles. The monoisotopic (exact) mass is 605 g/mol. The van der Waals surface area contributed by atoms with E-state index in [2.05, 4.69) is 75.8 Å². The average molecular weight is 606 g/mol. The normalized spacial score (nSPS) is 17.3. The zero-order chi connectivity index (χ0) is 30.0. The molecule has 44 heavy (non-hydrogen) atoms. The Morgan fingerprint density at radius 3 is 2.50 bits per heavy atom. The first-order valence-corrected chi connectivity index (χ1v) is 16.4. The molecule has 1 unspecified atom stereocenters. The van der Waals surface area contributed by atoms with Crippen LogP contribution >= 0.6 is 11.8 Å². The molecule has 226 valence electrons. The van der Waals surface area contributed by atoms with Gasteiger partial charge in [0.1, 0.15) is 5.82 Å². The lowest BCUT2D eigenvalue weighted by atomic mass is 10.1. The molecule has 4 aromatic rings. The maximum atomic E-state index is 12.8. The molecule has 1 amide bonds. The molecule has 1 atom stereocenters. The molecule has 0 radical (unpaired) electrons. The van der Waals surface area contributed by atoms with Gasteiger partial charge in [-0.1, -0.05) is 96.7 Å². The first kappa shape index (κ1) is 30.1. The number of carbonyl (C=O) groups is 1. The van der Waals surface area contributed by atoms with E-state index in [9.17, 15) is 4.79 Å². The maximum Gasteiger partial charge on any atom is 0.251 e. The molecule has 2 aliphatic heterocycles. The SMILES string of the molecule is O=C(NCC1CCCO1)c1cccc(CSc2nc(-c3ccccc3)cc(N3CCN(C/C=C/c4ccccc4)CC3)n2)c1. The van der Waals surface area contributed by atoms with E-state index < -0.39 is 0 Å². The molecule has 0 bridgehead atoms. The molecule has 6 rings (SSSR count). The molecule has 0 spiro atoms. The number of aromatic nitrogens is 2. The van der Waals surface area contributed by atoms with Crippen LogP contribution in [-0.4, -0.2) is 72.8 Å². The number of nitrogens with zero attached hydrogens (tertiary/aromatic N) is 4. The predicted octanol–water partition coefficient (Wildman–Crippen LogP) is 6.18. The molecule has 3 aromatic carbocycles. The molecule has 8 heteroatoms. The van der Waals surface area contributed by atoms with Gasteiger partial charge < -0.3 is 15.0 Å². The summed E-state index contributed by atoms with van der Waals surface area (Å²) in [5, 5.41) is 3.76. The van der Waals surface area contributed by atoms with Gasteiger partial charge in [0.25, 0.3) is 5.91 Å². The highest BCUT2D eigenvalue weighted by Gasteiger charge is 2.20. The minimum Gasteiger partial charge on any atom is -0.376 e. The Morgan fingerprint density at radius 2 is 1.73 bits per heavy atom. The van der Waals surface area contributed by atoms with E-state index in [0.717, 1.165) is 80.0 Å². The summed E-state index contributed by atoms with van der Waals surface area (Å²) in [4.78, 5) is 27.6. The summed E-state index contributed by atoms with van der Waals surface area (Å²) in [5.74, 6) is 1.57. The number of benzene rings is 3. The summed E-state index contributed by atoms with van der Waals surface area (Å²) in [7, 11) is 0. The van der Waals surface area contributed by atoms with Crippen molar-refractivity contribution >= 4 is 29.6 Å². The third-order valence-electron chi connectivity index (χ3n) is 8.00. The molecular weight excluding hydrogens is 566 g/mol. The maximum absolute atomic E-state index is 12.8. The summed E-state index contributed by atoms with van der Waals surface area (Å²) in [6, 6.07) is 30.7. The lowest BCUT2D eigenvalue weighted by Gasteiger charge is -2.35. The Hall–Kier alpha value is -3.98. The predicted molar refractivity (Wildman–Crippen MR) is 179 cm³/mol. The Labute approximate surface area is 264 Å². The molecule has 1 N–H and O–H groups in total. The number of anilines is 1. The third-order valence-corrected chi connectivity index (χ3v) is 8.92. The average Bonchev–Trinajstić information content (AvgIpc) is 3.61. The van der Waals surface area contributed by atoms with Crippen LogP contribution < -0.4 is 10.2 Å². The fourth-order valence-corrected chi connectivity index (χ4v) is 6.32. The lowest BCUT2D eigenvalue weighted by Crippen LogP contribution is -2.46. The van der Waals surface area contributed by atoms with Crippen LogP contribution in [0.2, 0.25) is 0 Å². The first-order chi connectivity index (χ1) is 21.7. The lowest BCUT2D eigenvalue weighted by molar-refractivity contribution is 0.0857. The van der Waals surface area contributed by atoms with Crippen molar-refractivity contribution in [1.29, 1.82) is 0 Å². The quantitative estimate of drug-likeness (QED) is 0.162. The van der Waals surface area contributed by atoms with Gasteiger partial charge in [-0.3, -0.25) is 9.69 Å². The molecule has 7 nitrogen and oxygen atoms in total. The zero-order valence-corrected chi connectivity index (χ0v) is 25.8. The Bertz CT molecular complexity index is 1530. The van der Waals surface area contributed by atoms with Crippen molar-refractivity contribution in [1.82, 2.24) is 20.2 Å². The van der Waals surface area contributed by atoms with Crippen LogP contribution in [0.15, 0.2) is 102 Å². The Morgan fingerprint density at radius 1 is 0.932 bits per heavy atom. The molecule has 3 heterocycles. The minimum absolute atomic E-state index is 0.0633. The van der Waals surface area contributed by atoms with Crippen molar-refractivity contribution in [2.24, 2.45) is 0 Å². The van der Waals surface area contributed by atoms with Gasteiger partial charge in [0.15, 0.2) is 5.16 Å². The molecule has 0 saturated carbocycles. The van der Waals surface area contributed by atoms with Gasteiger partial charge in [-0.05, 0) is 36.1 Å². The van der Waals surface area contributed by atoms with Gasteiger partial charge in [-0.15, -0.1) is 0 Å². The van der Waals surface area contributed by atoms with Crippen LogP contribution in [0.4, 0.5) is 5.82 Å². The summed E-state index contributed by atoms with van der Waals surface area (Å²) < 4.78 is 5.64. The molecule has 2 saturated heterocycles. The number of nitrogens with one attached hydrogen (secondary N) is 1. The van der Waals surface area contributed by atoms with Gasteiger partial charge in [0, 0.05) is 68.8 Å². The van der Waals surface area contributed by atoms with Crippen molar-refractivity contribution in [3.05, 3.63) is 114 Å². The Balaban J connectivity index is 1.10. The summed E-state index contributed by atoms with van der Waals surface area (Å²) in [5.41, 5.74) is 4.96. The number of thioether (sulfide) groups is 1. The summed E-state index contributed by atoms with van der Waals surface area (Å²) in [6.45, 7) is 6.07. The van der Waals surface area contributed by atoms with Crippen LogP contribution in [0.5, 0.6) is 0 Å². The van der Waals surface area contributed by atoms with Crippen LogP contribution in [0.1, 0.15) is 34.3 Å². The van der Waals surface area contributed by atoms with Gasteiger partial charge in [-0.2, -0.15) is 0 Å². The van der Waals surface area contributed by atoms with Crippen LogP contribution in [0, 0.1) is 0 Å². The molecular formula is C36H39N5O2S. The second-order valence-corrected chi connectivity index (χ2v) is 12.1. The largest absolute Gasteiger partial charge is 0.376 e. The summed E-state index contributed by atoms with van der Waals surface area (Å²) in [6.07, 6.45) is 6.63. The highest BCUT2D eigenvalue weighted by Crippen LogP contribution is 2.28. The van der Waals surface area contributed by atoms with Gasteiger partial charge >= 0.3 is 0 Å². The van der Waals surface area contributed by atoms with Crippen molar-refractivity contribution in [2.75, 3.05) is 50.8 Å². The first-order valence-electron chi connectivity index (χ1n) is 15.4. The van der Waals surface area contributed by atoms with Crippen LogP contribution in [-0.2, 0) is 10.5 Å². The molecule has 2 aliphatic rings. The second kappa shape index (κ2) is 15.1. The molecule has 0 aliphatic carbocycles. The number of ether oxygens (including phenoxy) is 1. The topological polar surface area (TPSA) is 70.6 Å². The minimum atomic E-state index is -0.0633. The van der Waals surface area contributed by atoms with E-state index >= 15 is 0 Å². The van der Waals surface area contributed by atoms with Crippen molar-refractivity contribution in [2.45, 2.75) is 29.9 Å². The fraction of sp³-hybridized carbons (Fsp3) is 0.306. The van der Waals surface area contributed by atoms with E-state index in [1.54, 1.807) is 11.8 Å². The molecule has 2 fully saturated rings. The van der Waals surface area contributed by atoms with Gasteiger partial charge in [0.05, 0.1) is 11.8 Å². The standard InChI is InChI=1S/C36H39N5O2S/c42-35(37-26-32-17-9-23-43-32)31-16-7-12-29(24-31)27-44-36-38-33(30-14-5-2-6-15-30)25-34(39-36)41-21-19-40(20-22-41)18-8-13-28-10-3-1-4-11-28/h1-8,10-16,24-25,32H,9,17-23,26-27H2,(H,37,42)/b13-8+. The third kappa shape index (κ3) is 8.34.